The van der Waals surface area contributed by atoms with Gasteiger partial charge in [-0.1, -0.05) is 233 Å². The highest BCUT2D eigenvalue weighted by Gasteiger charge is 2.27. The van der Waals surface area contributed by atoms with Crippen molar-refractivity contribution in [2.45, 2.75) is 264 Å². The molecule has 0 aliphatic carbocycles. The summed E-state index contributed by atoms with van der Waals surface area (Å²) in [5.74, 6) is -0.595. The van der Waals surface area contributed by atoms with Crippen LogP contribution in [0, 0.1) is 0 Å². The normalized spacial score (nSPS) is 14.4. The molecule has 1 amide bonds. The summed E-state index contributed by atoms with van der Waals surface area (Å²) in [6.45, 7) is 6.65. The zero-order valence-electron chi connectivity index (χ0n) is 50.4. The lowest BCUT2D eigenvalue weighted by Gasteiger charge is -2.30. The average molecular weight is 1090 g/mol. The van der Waals surface area contributed by atoms with Crippen molar-refractivity contribution in [1.82, 2.24) is 5.32 Å². The highest BCUT2D eigenvalue weighted by Crippen LogP contribution is 2.38. The van der Waals surface area contributed by atoms with Gasteiger partial charge in [0.25, 0.3) is 7.82 Å². The molecular weight excluding hydrogens is 976 g/mol. The number of esters is 1. The summed E-state index contributed by atoms with van der Waals surface area (Å²) in [4.78, 5) is 40.0. The van der Waals surface area contributed by atoms with Crippen molar-refractivity contribution in [1.29, 1.82) is 0 Å². The number of hydrogen-bond acceptors (Lipinski definition) is 7. The standard InChI is InChI=1S/C67H117N2O7P/c1-7-10-13-16-19-22-25-28-30-32-33-34-35-36-37-38-40-42-45-48-51-54-57-60-67(71)76-65(58-55-52-49-46-43-27-24-21-18-15-12-9-3)64(63-75-77(72,73)74-62-61-69(4,5)6)68-66(70)59-56-53-50-47-44-41-39-31-29-26-23-20-17-14-11-8-2/h11,14,19-20,22-23,28-31,33-34,36-37,41,44,55,58,64-65H,7-10,12-13,15-18,21,24-27,32,35,38-40,42-43,45-54,56-57,59-63H2,1-6H3,(H-,68,70,72,73)/b14-11+,22-19-,23-20+,30-28-,31-29+,34-33-,37-36-,44-41+,58-55-. The molecule has 3 atom stereocenters. The van der Waals surface area contributed by atoms with E-state index in [4.69, 9.17) is 13.8 Å². The van der Waals surface area contributed by atoms with Crippen LogP contribution in [0.5, 0.6) is 0 Å². The van der Waals surface area contributed by atoms with Gasteiger partial charge in [-0.3, -0.25) is 14.2 Å². The smallest absolute Gasteiger partial charge is 0.306 e. The second-order valence-electron chi connectivity index (χ2n) is 21.8. The van der Waals surface area contributed by atoms with Gasteiger partial charge in [0.05, 0.1) is 33.8 Å². The summed E-state index contributed by atoms with van der Waals surface area (Å²) in [5, 5.41) is 3.00. The third kappa shape index (κ3) is 57.2. The third-order valence-electron chi connectivity index (χ3n) is 13.2. The Morgan fingerprint density at radius 1 is 0.468 bits per heavy atom. The van der Waals surface area contributed by atoms with E-state index in [9.17, 15) is 19.0 Å². The van der Waals surface area contributed by atoms with Crippen LogP contribution >= 0.6 is 7.82 Å². The maximum atomic E-state index is 13.5. The number of ether oxygens (including phenoxy) is 1. The number of phosphoric ester groups is 1. The van der Waals surface area contributed by atoms with Crippen LogP contribution in [0.25, 0.3) is 0 Å². The largest absolute Gasteiger partial charge is 0.756 e. The molecule has 10 heteroatoms. The minimum absolute atomic E-state index is 0.0362. The monoisotopic (exact) mass is 1090 g/mol. The first-order valence-electron chi connectivity index (χ1n) is 31.2. The number of likely N-dealkylation sites (N-methyl/N-ethyl adjacent to an activating group) is 1. The second kappa shape index (κ2) is 56.0. The van der Waals surface area contributed by atoms with Crippen LogP contribution < -0.4 is 10.2 Å². The number of rotatable bonds is 55. The molecule has 0 saturated heterocycles. The molecule has 1 N–H and O–H groups in total. The van der Waals surface area contributed by atoms with E-state index in [2.05, 4.69) is 123 Å². The van der Waals surface area contributed by atoms with E-state index in [0.29, 0.717) is 23.9 Å². The third-order valence-corrected chi connectivity index (χ3v) is 14.2. The molecule has 9 nitrogen and oxygen atoms in total. The van der Waals surface area contributed by atoms with Crippen molar-refractivity contribution in [2.24, 2.45) is 0 Å². The summed E-state index contributed by atoms with van der Waals surface area (Å²) in [7, 11) is 1.14. The quantitative estimate of drug-likeness (QED) is 0.0212. The molecule has 0 aromatic rings. The minimum Gasteiger partial charge on any atom is -0.756 e. The van der Waals surface area contributed by atoms with Crippen LogP contribution in [0.1, 0.15) is 252 Å². The molecule has 0 rings (SSSR count). The molecule has 0 aliphatic rings. The van der Waals surface area contributed by atoms with Gasteiger partial charge in [-0.2, -0.15) is 0 Å². The molecule has 0 radical (unpaired) electrons. The van der Waals surface area contributed by atoms with E-state index in [0.717, 1.165) is 109 Å². The lowest BCUT2D eigenvalue weighted by molar-refractivity contribution is -0.870. The second-order valence-corrected chi connectivity index (χ2v) is 23.2. The van der Waals surface area contributed by atoms with Crippen LogP contribution in [0.2, 0.25) is 0 Å². The number of unbranched alkanes of at least 4 members (excludes halogenated alkanes) is 23. The van der Waals surface area contributed by atoms with E-state index in [-0.39, 0.29) is 31.3 Å². The number of carbonyl (C=O) groups is 2. The zero-order chi connectivity index (χ0) is 56.4. The van der Waals surface area contributed by atoms with Gasteiger partial charge in [-0.15, -0.1) is 0 Å². The molecule has 0 spiro atoms. The molecule has 0 saturated carbocycles. The number of hydrogen-bond donors (Lipinski definition) is 1. The molecule has 0 aliphatic heterocycles. The molecular formula is C67H117N2O7P. The van der Waals surface area contributed by atoms with Crippen molar-refractivity contribution < 1.29 is 37.3 Å². The summed E-state index contributed by atoms with van der Waals surface area (Å²) < 4.78 is 30.3. The van der Waals surface area contributed by atoms with Crippen molar-refractivity contribution in [3.05, 3.63) is 109 Å². The van der Waals surface area contributed by atoms with E-state index < -0.39 is 26.6 Å². The van der Waals surface area contributed by atoms with E-state index in [1.807, 2.05) is 33.3 Å². The predicted molar refractivity (Wildman–Crippen MR) is 330 cm³/mol. The van der Waals surface area contributed by atoms with Gasteiger partial charge in [0.1, 0.15) is 19.3 Å². The Morgan fingerprint density at radius 3 is 1.29 bits per heavy atom. The maximum absolute atomic E-state index is 13.5. The summed E-state index contributed by atoms with van der Waals surface area (Å²) >= 11 is 0. The minimum atomic E-state index is -4.72. The van der Waals surface area contributed by atoms with Gasteiger partial charge in [0, 0.05) is 12.8 Å². The van der Waals surface area contributed by atoms with Crippen molar-refractivity contribution in [3.63, 3.8) is 0 Å². The highest BCUT2D eigenvalue weighted by atomic mass is 31.2. The van der Waals surface area contributed by atoms with Gasteiger partial charge in [-0.25, -0.2) is 0 Å². The van der Waals surface area contributed by atoms with E-state index in [1.54, 1.807) is 0 Å². The Labute approximate surface area is 474 Å². The Kier molecular flexibility index (Phi) is 53.5. The van der Waals surface area contributed by atoms with Crippen molar-refractivity contribution in [3.8, 4) is 0 Å². The SMILES string of the molecule is CC/C=C/C/C=C/C/C=C/C/C=C/CCCCCC(=O)NC(COP(=O)([O-])OCC[N+](C)(C)C)C(/C=C\CCCCCCCCCCCC)OC(=O)CCCCCCCCC/C=C\C/C=C\C/C=C\C/C=C\CCCCC. The number of amides is 1. The van der Waals surface area contributed by atoms with Crippen LogP contribution in [-0.2, 0) is 27.9 Å². The van der Waals surface area contributed by atoms with Crippen LogP contribution in [0.3, 0.4) is 0 Å². The van der Waals surface area contributed by atoms with Gasteiger partial charge >= 0.3 is 5.97 Å². The number of phosphoric acid groups is 1. The number of nitrogens with zero attached hydrogens (tertiary/aromatic N) is 1. The van der Waals surface area contributed by atoms with Gasteiger partial charge in [-0.05, 0) is 115 Å². The fraction of sp³-hybridized carbons (Fsp3) is 0.701. The topological polar surface area (TPSA) is 114 Å². The van der Waals surface area contributed by atoms with Crippen LogP contribution in [0.4, 0.5) is 0 Å². The molecule has 0 aromatic heterocycles. The predicted octanol–water partition coefficient (Wildman–Crippen LogP) is 18.7. The number of quaternary nitrogens is 1. The fourth-order valence-corrected chi connectivity index (χ4v) is 9.10. The maximum Gasteiger partial charge on any atom is 0.306 e. The van der Waals surface area contributed by atoms with E-state index >= 15 is 0 Å². The number of carbonyl (C=O) groups excluding carboxylic acids is 2. The van der Waals surface area contributed by atoms with Gasteiger partial charge in [0.2, 0.25) is 5.91 Å². The van der Waals surface area contributed by atoms with E-state index in [1.165, 1.54) is 96.3 Å². The summed E-state index contributed by atoms with van der Waals surface area (Å²) in [5.41, 5.74) is 0. The molecule has 0 fully saturated rings. The Bertz CT molecular complexity index is 1690. The lowest BCUT2D eigenvalue weighted by atomic mass is 10.0. The number of allylic oxidation sites excluding steroid dienone is 17. The van der Waals surface area contributed by atoms with Crippen molar-refractivity contribution >= 4 is 19.7 Å². The molecule has 0 heterocycles. The first-order chi connectivity index (χ1) is 37.4. The Morgan fingerprint density at radius 2 is 0.831 bits per heavy atom. The number of nitrogens with one attached hydrogen (secondary N) is 1. The molecule has 77 heavy (non-hydrogen) atoms. The summed E-state index contributed by atoms with van der Waals surface area (Å²) in [6, 6.07) is -0.916. The van der Waals surface area contributed by atoms with Crippen molar-refractivity contribution in [2.75, 3.05) is 40.9 Å². The molecule has 0 bridgehead atoms. The lowest BCUT2D eigenvalue weighted by Crippen LogP contribution is -2.47. The molecule has 442 valence electrons. The highest BCUT2D eigenvalue weighted by molar-refractivity contribution is 7.45. The van der Waals surface area contributed by atoms with Crippen LogP contribution in [0.15, 0.2) is 109 Å². The van der Waals surface area contributed by atoms with Gasteiger partial charge < -0.3 is 28.5 Å². The Balaban J connectivity index is 5.30. The summed E-state index contributed by atoms with van der Waals surface area (Å²) in [6.07, 6.45) is 76.3. The molecule has 3 unspecified atom stereocenters. The fourth-order valence-electron chi connectivity index (χ4n) is 8.38. The molecule has 0 aromatic carbocycles. The average Bonchev–Trinajstić information content (AvgIpc) is 3.39. The first kappa shape index (κ1) is 73.7. The first-order valence-corrected chi connectivity index (χ1v) is 32.7. The van der Waals surface area contributed by atoms with Crippen LogP contribution in [-0.4, -0.2) is 69.4 Å². The Hall–Kier alpha value is -3.33. The van der Waals surface area contributed by atoms with Gasteiger partial charge in [0.15, 0.2) is 0 Å². The zero-order valence-corrected chi connectivity index (χ0v) is 51.3.